The summed E-state index contributed by atoms with van der Waals surface area (Å²) in [5.41, 5.74) is 0.874. The Kier molecular flexibility index (Phi) is 4.18. The van der Waals surface area contributed by atoms with Gasteiger partial charge >= 0.3 is 0 Å². The first-order valence-electron chi connectivity index (χ1n) is 6.32. The van der Waals surface area contributed by atoms with Gasteiger partial charge in [0.25, 0.3) is 0 Å². The van der Waals surface area contributed by atoms with Gasteiger partial charge in [-0.1, -0.05) is 36.4 Å². The van der Waals surface area contributed by atoms with Crippen LogP contribution in [0.2, 0.25) is 0 Å². The maximum Gasteiger partial charge on any atom is 0.243 e. The predicted molar refractivity (Wildman–Crippen MR) is 77.1 cm³/mol. The number of phenols is 1. The molecule has 0 aliphatic heterocycles. The van der Waals surface area contributed by atoms with E-state index in [1.54, 1.807) is 19.1 Å². The van der Waals surface area contributed by atoms with Gasteiger partial charge < -0.3 is 10.4 Å². The maximum atomic E-state index is 11.3. The number of rotatable bonds is 4. The van der Waals surface area contributed by atoms with Gasteiger partial charge in [-0.25, -0.2) is 0 Å². The van der Waals surface area contributed by atoms with Crippen LogP contribution in [0.3, 0.4) is 0 Å². The third-order valence-corrected chi connectivity index (χ3v) is 3.01. The second-order valence-electron chi connectivity index (χ2n) is 4.33. The van der Waals surface area contributed by atoms with Crippen molar-refractivity contribution in [3.8, 4) is 5.75 Å². The highest BCUT2D eigenvalue weighted by molar-refractivity contribution is 5.88. The van der Waals surface area contributed by atoms with E-state index in [2.05, 4.69) is 5.32 Å². The molecule has 0 fully saturated rings. The molecule has 0 saturated heterocycles. The largest absolute Gasteiger partial charge is 0.508 e. The van der Waals surface area contributed by atoms with E-state index in [9.17, 15) is 9.90 Å². The first-order chi connectivity index (χ1) is 9.22. The minimum absolute atomic E-state index is 0.109. The highest BCUT2D eigenvalue weighted by Crippen LogP contribution is 2.27. The van der Waals surface area contributed by atoms with Gasteiger partial charge in [-0.3, -0.25) is 4.79 Å². The monoisotopic (exact) mass is 255 g/mol. The number of amides is 1. The molecule has 2 aromatic carbocycles. The molecule has 3 nitrogen and oxygen atoms in total. The Labute approximate surface area is 112 Å². The molecule has 2 rings (SSSR count). The van der Waals surface area contributed by atoms with Crippen LogP contribution in [-0.2, 0) is 11.2 Å². The van der Waals surface area contributed by atoms with Crippen LogP contribution in [0.15, 0.2) is 48.6 Å². The van der Waals surface area contributed by atoms with Crippen molar-refractivity contribution in [2.24, 2.45) is 0 Å². The number of carbonyl (C=O) groups excluding carboxylic acids is 1. The van der Waals surface area contributed by atoms with Crippen LogP contribution in [0.5, 0.6) is 5.75 Å². The fraction of sp³-hybridized carbons (Fsp3) is 0.188. The Bertz CT molecular complexity index is 617. The van der Waals surface area contributed by atoms with Gasteiger partial charge in [-0.15, -0.1) is 0 Å². The molecule has 2 N–H and O–H groups in total. The van der Waals surface area contributed by atoms with E-state index in [1.807, 2.05) is 30.3 Å². The summed E-state index contributed by atoms with van der Waals surface area (Å²) in [6.45, 7) is 2.31. The molecule has 19 heavy (non-hydrogen) atoms. The molecule has 0 atom stereocenters. The van der Waals surface area contributed by atoms with E-state index in [0.717, 1.165) is 16.3 Å². The van der Waals surface area contributed by atoms with Gasteiger partial charge in [0.1, 0.15) is 5.75 Å². The smallest absolute Gasteiger partial charge is 0.243 e. The minimum Gasteiger partial charge on any atom is -0.508 e. The molecule has 0 aliphatic rings. The van der Waals surface area contributed by atoms with Gasteiger partial charge in [0.05, 0.1) is 0 Å². The van der Waals surface area contributed by atoms with Gasteiger partial charge in [0.2, 0.25) is 5.91 Å². The zero-order valence-electron chi connectivity index (χ0n) is 10.9. The Morgan fingerprint density at radius 3 is 2.84 bits per heavy atom. The number of fused-ring (bicyclic) bond motifs is 1. The molecular formula is C16H17NO2. The molecule has 1 amide bonds. The van der Waals surface area contributed by atoms with Crippen LogP contribution in [0.1, 0.15) is 12.5 Å². The van der Waals surface area contributed by atoms with Gasteiger partial charge in [0, 0.05) is 12.1 Å². The molecule has 0 bridgehead atoms. The van der Waals surface area contributed by atoms with Crippen molar-refractivity contribution in [2.75, 3.05) is 6.54 Å². The lowest BCUT2D eigenvalue weighted by atomic mass is 10.0. The average Bonchev–Trinajstić information content (AvgIpc) is 2.41. The second kappa shape index (κ2) is 6.05. The molecule has 0 aliphatic carbocycles. The van der Waals surface area contributed by atoms with Gasteiger partial charge in [-0.2, -0.15) is 0 Å². The van der Waals surface area contributed by atoms with Crippen LogP contribution in [0.25, 0.3) is 10.8 Å². The van der Waals surface area contributed by atoms with E-state index in [-0.39, 0.29) is 11.7 Å². The summed E-state index contributed by atoms with van der Waals surface area (Å²) in [5, 5.41) is 14.9. The Balaban J connectivity index is 2.16. The SMILES string of the molecule is C/C=C/C(=O)NCCc1c(O)ccc2ccccc12. The number of allylic oxidation sites excluding steroid dienone is 1. The van der Waals surface area contributed by atoms with Gasteiger partial charge in [0.15, 0.2) is 0 Å². The van der Waals surface area contributed by atoms with Crippen molar-refractivity contribution in [3.05, 3.63) is 54.1 Å². The molecular weight excluding hydrogens is 238 g/mol. The Morgan fingerprint density at radius 1 is 1.26 bits per heavy atom. The van der Waals surface area contributed by atoms with E-state index in [4.69, 9.17) is 0 Å². The quantitative estimate of drug-likeness (QED) is 0.825. The number of carbonyl (C=O) groups is 1. The van der Waals surface area contributed by atoms with E-state index < -0.39 is 0 Å². The van der Waals surface area contributed by atoms with Crippen molar-refractivity contribution >= 4 is 16.7 Å². The van der Waals surface area contributed by atoms with Gasteiger partial charge in [-0.05, 0) is 36.3 Å². The maximum absolute atomic E-state index is 11.3. The summed E-state index contributed by atoms with van der Waals surface area (Å²) in [7, 11) is 0. The van der Waals surface area contributed by atoms with Crippen molar-refractivity contribution in [3.63, 3.8) is 0 Å². The number of benzene rings is 2. The number of hydrogen-bond donors (Lipinski definition) is 2. The van der Waals surface area contributed by atoms with Crippen LogP contribution in [-0.4, -0.2) is 17.6 Å². The lowest BCUT2D eigenvalue weighted by molar-refractivity contribution is -0.116. The molecule has 0 aromatic heterocycles. The predicted octanol–water partition coefficient (Wildman–Crippen LogP) is 2.78. The van der Waals surface area contributed by atoms with Crippen LogP contribution in [0.4, 0.5) is 0 Å². The van der Waals surface area contributed by atoms with Crippen molar-refractivity contribution in [1.29, 1.82) is 0 Å². The van der Waals surface area contributed by atoms with E-state index in [0.29, 0.717) is 13.0 Å². The molecule has 3 heteroatoms. The topological polar surface area (TPSA) is 49.3 Å². The number of nitrogens with one attached hydrogen (secondary N) is 1. The van der Waals surface area contributed by atoms with Crippen molar-refractivity contribution < 1.29 is 9.90 Å². The fourth-order valence-corrected chi connectivity index (χ4v) is 2.11. The number of hydrogen-bond acceptors (Lipinski definition) is 2. The summed E-state index contributed by atoms with van der Waals surface area (Å²) < 4.78 is 0. The minimum atomic E-state index is -0.109. The Hall–Kier alpha value is -2.29. The number of aromatic hydroxyl groups is 1. The third kappa shape index (κ3) is 3.13. The van der Waals surface area contributed by atoms with E-state index >= 15 is 0 Å². The highest BCUT2D eigenvalue weighted by atomic mass is 16.3. The number of phenolic OH excluding ortho intramolecular Hbond substituents is 1. The summed E-state index contributed by atoms with van der Waals surface area (Å²) in [6, 6.07) is 11.5. The van der Waals surface area contributed by atoms with Crippen molar-refractivity contribution in [2.45, 2.75) is 13.3 Å². The summed E-state index contributed by atoms with van der Waals surface area (Å²) in [5.74, 6) is 0.168. The molecule has 0 radical (unpaired) electrons. The first kappa shape index (κ1) is 13.1. The zero-order valence-corrected chi connectivity index (χ0v) is 10.9. The van der Waals surface area contributed by atoms with Crippen molar-refractivity contribution in [1.82, 2.24) is 5.32 Å². The molecule has 0 saturated carbocycles. The fourth-order valence-electron chi connectivity index (χ4n) is 2.11. The molecule has 0 heterocycles. The second-order valence-corrected chi connectivity index (χ2v) is 4.33. The lowest BCUT2D eigenvalue weighted by Crippen LogP contribution is -2.23. The molecule has 0 unspecified atom stereocenters. The van der Waals surface area contributed by atoms with Crippen LogP contribution < -0.4 is 5.32 Å². The Morgan fingerprint density at radius 2 is 2.05 bits per heavy atom. The molecule has 98 valence electrons. The van der Waals surface area contributed by atoms with Crippen LogP contribution in [0, 0.1) is 0 Å². The molecule has 0 spiro atoms. The summed E-state index contributed by atoms with van der Waals surface area (Å²) in [6.07, 6.45) is 3.80. The third-order valence-electron chi connectivity index (χ3n) is 3.01. The normalized spacial score (nSPS) is 11.0. The lowest BCUT2D eigenvalue weighted by Gasteiger charge is -2.09. The standard InChI is InChI=1S/C16H17NO2/c1-2-5-16(19)17-11-10-14-13-7-4-3-6-12(13)8-9-15(14)18/h2-9,18H,10-11H2,1H3,(H,17,19)/b5-2+. The summed E-state index contributed by atoms with van der Waals surface area (Å²) >= 11 is 0. The average molecular weight is 255 g/mol. The highest BCUT2D eigenvalue weighted by Gasteiger charge is 2.06. The summed E-state index contributed by atoms with van der Waals surface area (Å²) in [4.78, 5) is 11.3. The zero-order chi connectivity index (χ0) is 13.7. The first-order valence-corrected chi connectivity index (χ1v) is 6.32. The van der Waals surface area contributed by atoms with E-state index in [1.165, 1.54) is 6.08 Å². The molecule has 2 aromatic rings. The van der Waals surface area contributed by atoms with Crippen LogP contribution >= 0.6 is 0 Å².